The molecular formula is C34H27ClN8O4. The molecule has 13 heteroatoms. The summed E-state index contributed by atoms with van der Waals surface area (Å²) in [7, 11) is 0. The third kappa shape index (κ3) is 4.97. The van der Waals surface area contributed by atoms with E-state index in [9.17, 15) is 9.59 Å². The average molecular weight is 647 g/mol. The second-order valence-electron chi connectivity index (χ2n) is 11.3. The zero-order valence-electron chi connectivity index (χ0n) is 25.4. The van der Waals surface area contributed by atoms with Crippen molar-refractivity contribution in [1.82, 2.24) is 38.9 Å². The Bertz CT molecular complexity index is 2400. The van der Waals surface area contributed by atoms with Gasteiger partial charge in [-0.2, -0.15) is 9.78 Å². The number of hydrogen-bond acceptors (Lipinski definition) is 9. The van der Waals surface area contributed by atoms with Gasteiger partial charge in [-0.05, 0) is 87.4 Å². The third-order valence-electron chi connectivity index (χ3n) is 8.20. The highest BCUT2D eigenvalue weighted by molar-refractivity contribution is 6.31. The van der Waals surface area contributed by atoms with Crippen molar-refractivity contribution in [3.63, 3.8) is 0 Å². The minimum atomic E-state index is -0.554. The van der Waals surface area contributed by atoms with E-state index in [1.54, 1.807) is 63.8 Å². The molecule has 1 aliphatic carbocycles. The second-order valence-corrected chi connectivity index (χ2v) is 11.7. The number of benzene rings is 2. The molecule has 0 radical (unpaired) electrons. The van der Waals surface area contributed by atoms with E-state index < -0.39 is 5.97 Å². The van der Waals surface area contributed by atoms with Crippen LogP contribution in [0.3, 0.4) is 0 Å². The van der Waals surface area contributed by atoms with Crippen molar-refractivity contribution in [2.45, 2.75) is 39.2 Å². The molecule has 8 rings (SSSR count). The summed E-state index contributed by atoms with van der Waals surface area (Å²) in [6, 6.07) is 19.5. The molecule has 234 valence electrons. The Morgan fingerprint density at radius 1 is 1.04 bits per heavy atom. The number of hydrogen-bond donors (Lipinski definition) is 0. The summed E-state index contributed by atoms with van der Waals surface area (Å²) in [6.07, 6.45) is 3.69. The molecule has 5 aromatic heterocycles. The number of ether oxygens (including phenoxy) is 2. The molecule has 7 aromatic rings. The number of carbonyl (C=O) groups excluding carboxylic acids is 1. The van der Waals surface area contributed by atoms with Crippen molar-refractivity contribution in [3.8, 4) is 17.3 Å². The number of fused-ring (bicyclic) bond motifs is 4. The molecule has 1 fully saturated rings. The van der Waals surface area contributed by atoms with Gasteiger partial charge < -0.3 is 9.47 Å². The Kier molecular flexibility index (Phi) is 6.94. The Labute approximate surface area is 272 Å². The van der Waals surface area contributed by atoms with Crippen LogP contribution in [0.4, 0.5) is 0 Å². The maximum absolute atomic E-state index is 13.9. The summed E-state index contributed by atoms with van der Waals surface area (Å²) in [5, 5.41) is 14.8. The lowest BCUT2D eigenvalue weighted by atomic mass is 10.1. The van der Waals surface area contributed by atoms with Gasteiger partial charge in [0.2, 0.25) is 5.78 Å². The number of halogens is 1. The number of nitrogens with zero attached hydrogens (tertiary/aromatic N) is 8. The van der Waals surface area contributed by atoms with Gasteiger partial charge in [-0.1, -0.05) is 17.7 Å². The summed E-state index contributed by atoms with van der Waals surface area (Å²) in [5.41, 5.74) is 3.12. The van der Waals surface area contributed by atoms with Crippen LogP contribution >= 0.6 is 11.6 Å². The zero-order chi connectivity index (χ0) is 32.2. The molecular weight excluding hydrogens is 620 g/mol. The first-order valence-corrected chi connectivity index (χ1v) is 15.6. The van der Waals surface area contributed by atoms with Crippen LogP contribution in [-0.4, -0.2) is 51.5 Å². The summed E-state index contributed by atoms with van der Waals surface area (Å²) in [4.78, 5) is 37.0. The fraction of sp³-hybridized carbons (Fsp3) is 0.206. The summed E-state index contributed by atoms with van der Waals surface area (Å²) < 4.78 is 16.3. The van der Waals surface area contributed by atoms with Gasteiger partial charge in [0, 0.05) is 22.8 Å². The molecule has 0 aliphatic heterocycles. The van der Waals surface area contributed by atoms with Crippen molar-refractivity contribution >= 4 is 45.3 Å². The van der Waals surface area contributed by atoms with Crippen molar-refractivity contribution < 1.29 is 14.3 Å². The molecule has 2 aromatic carbocycles. The smallest absolute Gasteiger partial charge is 0.339 e. The van der Waals surface area contributed by atoms with Gasteiger partial charge in [0.25, 0.3) is 5.56 Å². The van der Waals surface area contributed by atoms with Gasteiger partial charge >= 0.3 is 5.97 Å². The number of aromatic nitrogens is 8. The van der Waals surface area contributed by atoms with Crippen LogP contribution < -0.4 is 10.3 Å². The standard InChI is InChI=1S/C34H27ClN8O4/c1-3-46-23-12-10-22(11-13-23)41-32(44)24-14-9-21(35)16-27(24)42-29(38-39-34(41)42)18-47-33(45)25-17-26(20-7-8-20)37-31-30(25)19(2)40-43(31)28-6-4-5-15-36-28/h4-6,9-17,20H,3,7-8,18H2,1-2H3. The molecule has 0 bridgehead atoms. The van der Waals surface area contributed by atoms with Gasteiger partial charge in [0.15, 0.2) is 23.9 Å². The molecule has 0 unspecified atom stereocenters. The first-order valence-electron chi connectivity index (χ1n) is 15.2. The highest BCUT2D eigenvalue weighted by Crippen LogP contribution is 2.41. The Hall–Kier alpha value is -5.62. The summed E-state index contributed by atoms with van der Waals surface area (Å²) >= 11 is 6.38. The van der Waals surface area contributed by atoms with Crippen molar-refractivity contribution in [3.05, 3.63) is 111 Å². The normalized spacial score (nSPS) is 13.1. The van der Waals surface area contributed by atoms with E-state index in [0.29, 0.717) is 67.9 Å². The maximum Gasteiger partial charge on any atom is 0.339 e. The van der Waals surface area contributed by atoms with Crippen LogP contribution in [0.1, 0.15) is 53.3 Å². The van der Waals surface area contributed by atoms with Gasteiger partial charge in [-0.25, -0.2) is 19.3 Å². The number of esters is 1. The van der Waals surface area contributed by atoms with Crippen molar-refractivity contribution in [2.24, 2.45) is 0 Å². The Morgan fingerprint density at radius 3 is 2.62 bits per heavy atom. The van der Waals surface area contributed by atoms with Crippen LogP contribution in [0.15, 0.2) is 77.7 Å². The maximum atomic E-state index is 13.9. The van der Waals surface area contributed by atoms with E-state index in [1.165, 1.54) is 4.57 Å². The van der Waals surface area contributed by atoms with Crippen molar-refractivity contribution in [2.75, 3.05) is 6.61 Å². The highest BCUT2D eigenvalue weighted by Gasteiger charge is 2.30. The van der Waals surface area contributed by atoms with Crippen LogP contribution in [0.2, 0.25) is 5.02 Å². The highest BCUT2D eigenvalue weighted by atomic mass is 35.5. The van der Waals surface area contributed by atoms with Gasteiger partial charge in [0.1, 0.15) is 5.75 Å². The number of carbonyl (C=O) groups is 1. The van der Waals surface area contributed by atoms with Crippen LogP contribution in [0, 0.1) is 6.92 Å². The first-order chi connectivity index (χ1) is 22.9. The SMILES string of the molecule is CCOc1ccc(-n2c(=O)c3ccc(Cl)cc3n3c(COC(=O)c4cc(C5CC5)nc5c4c(C)nn5-c4ccccn4)nnc23)cc1. The van der Waals surface area contributed by atoms with E-state index >= 15 is 0 Å². The summed E-state index contributed by atoms with van der Waals surface area (Å²) in [6.45, 7) is 4.03. The molecule has 0 spiro atoms. The number of rotatable bonds is 8. The molecule has 47 heavy (non-hydrogen) atoms. The lowest BCUT2D eigenvalue weighted by Crippen LogP contribution is -2.22. The average Bonchev–Trinajstić information content (AvgIpc) is 3.77. The van der Waals surface area contributed by atoms with Gasteiger partial charge in [-0.15, -0.1) is 10.2 Å². The Balaban J connectivity index is 1.21. The lowest BCUT2D eigenvalue weighted by Gasteiger charge is -2.13. The Morgan fingerprint density at radius 2 is 1.87 bits per heavy atom. The molecule has 5 heterocycles. The predicted octanol–water partition coefficient (Wildman–Crippen LogP) is 5.76. The molecule has 0 amide bonds. The fourth-order valence-electron chi connectivity index (χ4n) is 5.87. The molecule has 0 atom stereocenters. The van der Waals surface area contributed by atoms with E-state index in [4.69, 9.17) is 26.1 Å². The minimum Gasteiger partial charge on any atom is -0.494 e. The lowest BCUT2D eigenvalue weighted by molar-refractivity contribution is 0.0463. The van der Waals surface area contributed by atoms with Crippen molar-refractivity contribution in [1.29, 1.82) is 0 Å². The van der Waals surface area contributed by atoms with Crippen LogP contribution in [-0.2, 0) is 11.3 Å². The summed E-state index contributed by atoms with van der Waals surface area (Å²) in [5.74, 6) is 1.56. The van der Waals surface area contributed by atoms with E-state index in [0.717, 1.165) is 18.5 Å². The molecule has 1 aliphatic rings. The molecule has 1 saturated carbocycles. The van der Waals surface area contributed by atoms with E-state index in [1.807, 2.05) is 32.0 Å². The topological polar surface area (TPSA) is 131 Å². The predicted molar refractivity (Wildman–Crippen MR) is 175 cm³/mol. The molecule has 0 saturated heterocycles. The minimum absolute atomic E-state index is 0.223. The van der Waals surface area contributed by atoms with Gasteiger partial charge in [0.05, 0.1) is 39.8 Å². The molecule has 12 nitrogen and oxygen atoms in total. The van der Waals surface area contributed by atoms with E-state index in [-0.39, 0.29) is 23.9 Å². The first kappa shape index (κ1) is 28.8. The quantitative estimate of drug-likeness (QED) is 0.189. The largest absolute Gasteiger partial charge is 0.494 e. The number of aryl methyl sites for hydroxylation is 1. The molecule has 0 N–H and O–H groups in total. The zero-order valence-corrected chi connectivity index (χ0v) is 26.2. The third-order valence-corrected chi connectivity index (χ3v) is 8.43. The van der Waals surface area contributed by atoms with Crippen LogP contribution in [0.25, 0.3) is 39.2 Å². The van der Waals surface area contributed by atoms with Gasteiger partial charge in [-0.3, -0.25) is 9.20 Å². The number of pyridine rings is 2. The van der Waals surface area contributed by atoms with Crippen LogP contribution in [0.5, 0.6) is 5.75 Å². The fourth-order valence-corrected chi connectivity index (χ4v) is 6.04. The monoisotopic (exact) mass is 646 g/mol. The van der Waals surface area contributed by atoms with E-state index in [2.05, 4.69) is 20.3 Å². The second kappa shape index (κ2) is 11.3.